The number of hydrogen-bond acceptors (Lipinski definition) is 3. The van der Waals surface area contributed by atoms with Crippen LogP contribution in [0, 0.1) is 0 Å². The van der Waals surface area contributed by atoms with Crippen molar-refractivity contribution in [3.05, 3.63) is 42.1 Å². The fourth-order valence-electron chi connectivity index (χ4n) is 1.33. The van der Waals surface area contributed by atoms with E-state index in [9.17, 15) is 4.79 Å². The van der Waals surface area contributed by atoms with Crippen molar-refractivity contribution in [1.82, 2.24) is 15.0 Å². The van der Waals surface area contributed by atoms with Gasteiger partial charge in [0.25, 0.3) is 5.91 Å². The first-order chi connectivity index (χ1) is 7.79. The van der Waals surface area contributed by atoms with Crippen LogP contribution in [0.3, 0.4) is 0 Å². The standard InChI is InChI=1S/C11H12N4O/c1-2-8-3-4-12-9(7-8)15-11(16)10-13-5-6-14-10/h3-7H,2H2,1H3,(H,13,14)(H,12,15,16). The molecule has 0 aliphatic rings. The summed E-state index contributed by atoms with van der Waals surface area (Å²) in [5.74, 6) is 0.537. The summed E-state index contributed by atoms with van der Waals surface area (Å²) in [6.07, 6.45) is 5.72. The fraction of sp³-hybridized carbons (Fsp3) is 0.182. The highest BCUT2D eigenvalue weighted by atomic mass is 16.2. The summed E-state index contributed by atoms with van der Waals surface area (Å²) in [7, 11) is 0. The average Bonchev–Trinajstić information content (AvgIpc) is 2.83. The predicted octanol–water partition coefficient (Wildman–Crippen LogP) is 1.62. The molecule has 0 aliphatic carbocycles. The Labute approximate surface area is 92.9 Å². The van der Waals surface area contributed by atoms with Crippen LogP contribution in [-0.4, -0.2) is 20.9 Å². The third-order valence-corrected chi connectivity index (χ3v) is 2.19. The van der Waals surface area contributed by atoms with Gasteiger partial charge in [-0.25, -0.2) is 9.97 Å². The van der Waals surface area contributed by atoms with Crippen molar-refractivity contribution < 1.29 is 4.79 Å². The Morgan fingerprint density at radius 1 is 1.44 bits per heavy atom. The van der Waals surface area contributed by atoms with Crippen LogP contribution in [0.5, 0.6) is 0 Å². The smallest absolute Gasteiger partial charge is 0.292 e. The van der Waals surface area contributed by atoms with Gasteiger partial charge in [0.1, 0.15) is 5.82 Å². The number of pyridine rings is 1. The maximum Gasteiger partial charge on any atom is 0.292 e. The van der Waals surface area contributed by atoms with Gasteiger partial charge in [-0.2, -0.15) is 0 Å². The number of anilines is 1. The fourth-order valence-corrected chi connectivity index (χ4v) is 1.33. The second kappa shape index (κ2) is 4.57. The number of aryl methyl sites for hydroxylation is 1. The Hall–Kier alpha value is -2.17. The van der Waals surface area contributed by atoms with E-state index in [1.165, 1.54) is 6.20 Å². The van der Waals surface area contributed by atoms with Crippen molar-refractivity contribution in [3.8, 4) is 0 Å². The van der Waals surface area contributed by atoms with E-state index in [4.69, 9.17) is 0 Å². The summed E-state index contributed by atoms with van der Waals surface area (Å²) in [6, 6.07) is 3.77. The second-order valence-electron chi connectivity index (χ2n) is 3.29. The molecule has 2 aromatic rings. The molecule has 0 unspecified atom stereocenters. The number of carbonyl (C=O) groups is 1. The highest BCUT2D eigenvalue weighted by Crippen LogP contribution is 2.08. The van der Waals surface area contributed by atoms with Gasteiger partial charge in [-0.3, -0.25) is 4.79 Å². The molecule has 0 spiro atoms. The molecular formula is C11H12N4O. The zero-order valence-electron chi connectivity index (χ0n) is 8.90. The van der Waals surface area contributed by atoms with E-state index in [-0.39, 0.29) is 11.7 Å². The highest BCUT2D eigenvalue weighted by molar-refractivity contribution is 6.00. The maximum absolute atomic E-state index is 11.6. The van der Waals surface area contributed by atoms with Gasteiger partial charge in [0.2, 0.25) is 0 Å². The van der Waals surface area contributed by atoms with Gasteiger partial charge < -0.3 is 10.3 Å². The van der Waals surface area contributed by atoms with Gasteiger partial charge in [-0.1, -0.05) is 6.92 Å². The van der Waals surface area contributed by atoms with E-state index in [2.05, 4.69) is 20.3 Å². The number of aromatic amines is 1. The zero-order chi connectivity index (χ0) is 11.4. The summed E-state index contributed by atoms with van der Waals surface area (Å²) in [4.78, 5) is 22.3. The van der Waals surface area contributed by atoms with Crippen LogP contribution >= 0.6 is 0 Å². The molecule has 1 amide bonds. The molecule has 0 radical (unpaired) electrons. The number of hydrogen-bond donors (Lipinski definition) is 2. The molecular weight excluding hydrogens is 204 g/mol. The van der Waals surface area contributed by atoms with Crippen LogP contribution in [0.1, 0.15) is 23.1 Å². The van der Waals surface area contributed by atoms with Gasteiger partial charge in [0.15, 0.2) is 5.82 Å². The molecule has 5 heteroatoms. The lowest BCUT2D eigenvalue weighted by atomic mass is 10.2. The van der Waals surface area contributed by atoms with Crippen LogP contribution in [0.25, 0.3) is 0 Å². The number of amides is 1. The monoisotopic (exact) mass is 216 g/mol. The number of carbonyl (C=O) groups excluding carboxylic acids is 1. The topological polar surface area (TPSA) is 70.7 Å². The van der Waals surface area contributed by atoms with Gasteiger partial charge in [-0.05, 0) is 24.1 Å². The number of H-pyrrole nitrogens is 1. The molecule has 0 aliphatic heterocycles. The van der Waals surface area contributed by atoms with Gasteiger partial charge >= 0.3 is 0 Å². The lowest BCUT2D eigenvalue weighted by Crippen LogP contribution is -2.14. The molecule has 2 rings (SSSR count). The Kier molecular flexibility index (Phi) is 2.95. The minimum atomic E-state index is -0.286. The first-order valence-corrected chi connectivity index (χ1v) is 5.05. The molecule has 16 heavy (non-hydrogen) atoms. The van der Waals surface area contributed by atoms with Crippen LogP contribution in [0.15, 0.2) is 30.7 Å². The lowest BCUT2D eigenvalue weighted by Gasteiger charge is -2.03. The van der Waals surface area contributed by atoms with Crippen molar-refractivity contribution in [1.29, 1.82) is 0 Å². The molecule has 0 fully saturated rings. The molecule has 2 heterocycles. The van der Waals surface area contributed by atoms with Crippen molar-refractivity contribution in [2.45, 2.75) is 13.3 Å². The predicted molar refractivity (Wildman–Crippen MR) is 60.2 cm³/mol. The average molecular weight is 216 g/mol. The zero-order valence-corrected chi connectivity index (χ0v) is 8.90. The van der Waals surface area contributed by atoms with Gasteiger partial charge in [-0.15, -0.1) is 0 Å². The normalized spacial score (nSPS) is 10.1. The molecule has 0 saturated heterocycles. The van der Waals surface area contributed by atoms with Crippen LogP contribution in [-0.2, 0) is 6.42 Å². The SMILES string of the molecule is CCc1ccnc(NC(=O)c2ncc[nH]2)c1. The minimum absolute atomic E-state index is 0.281. The number of aromatic nitrogens is 3. The first kappa shape index (κ1) is 10.4. The van der Waals surface area contributed by atoms with Crippen molar-refractivity contribution in [2.75, 3.05) is 5.32 Å². The van der Waals surface area contributed by atoms with Crippen LogP contribution < -0.4 is 5.32 Å². The molecule has 0 saturated carbocycles. The Balaban J connectivity index is 2.12. The van der Waals surface area contributed by atoms with E-state index < -0.39 is 0 Å². The molecule has 0 bridgehead atoms. The van der Waals surface area contributed by atoms with Crippen molar-refractivity contribution >= 4 is 11.7 Å². The molecule has 2 N–H and O–H groups in total. The highest BCUT2D eigenvalue weighted by Gasteiger charge is 2.08. The Morgan fingerprint density at radius 3 is 3.00 bits per heavy atom. The van der Waals surface area contributed by atoms with E-state index in [0.717, 1.165) is 12.0 Å². The van der Waals surface area contributed by atoms with Crippen molar-refractivity contribution in [2.24, 2.45) is 0 Å². The van der Waals surface area contributed by atoms with E-state index in [1.54, 1.807) is 12.4 Å². The Morgan fingerprint density at radius 2 is 2.31 bits per heavy atom. The summed E-state index contributed by atoms with van der Waals surface area (Å²) in [6.45, 7) is 2.05. The quantitative estimate of drug-likeness (QED) is 0.819. The van der Waals surface area contributed by atoms with E-state index in [1.807, 2.05) is 19.1 Å². The third-order valence-electron chi connectivity index (χ3n) is 2.19. The first-order valence-electron chi connectivity index (χ1n) is 5.05. The van der Waals surface area contributed by atoms with Crippen LogP contribution in [0.2, 0.25) is 0 Å². The molecule has 2 aromatic heterocycles. The van der Waals surface area contributed by atoms with Gasteiger partial charge in [0.05, 0.1) is 0 Å². The summed E-state index contributed by atoms with van der Waals surface area (Å²) in [5.41, 5.74) is 1.13. The Bertz CT molecular complexity index is 478. The number of imidazole rings is 1. The maximum atomic E-state index is 11.6. The molecule has 0 aromatic carbocycles. The molecule has 0 atom stereocenters. The summed E-state index contributed by atoms with van der Waals surface area (Å²) in [5, 5.41) is 2.68. The summed E-state index contributed by atoms with van der Waals surface area (Å²) < 4.78 is 0. The number of nitrogens with one attached hydrogen (secondary N) is 2. The number of nitrogens with zero attached hydrogens (tertiary/aromatic N) is 2. The number of rotatable bonds is 3. The van der Waals surface area contributed by atoms with E-state index >= 15 is 0 Å². The van der Waals surface area contributed by atoms with E-state index in [0.29, 0.717) is 5.82 Å². The molecule has 5 nitrogen and oxygen atoms in total. The molecule has 82 valence electrons. The lowest BCUT2D eigenvalue weighted by molar-refractivity contribution is 0.101. The van der Waals surface area contributed by atoms with Crippen LogP contribution in [0.4, 0.5) is 5.82 Å². The van der Waals surface area contributed by atoms with Gasteiger partial charge in [0, 0.05) is 18.6 Å². The minimum Gasteiger partial charge on any atom is -0.341 e. The third kappa shape index (κ3) is 2.25. The second-order valence-corrected chi connectivity index (χ2v) is 3.29. The largest absolute Gasteiger partial charge is 0.341 e. The summed E-state index contributed by atoms with van der Waals surface area (Å²) >= 11 is 0. The van der Waals surface area contributed by atoms with Crippen molar-refractivity contribution in [3.63, 3.8) is 0 Å².